The molecule has 1 fully saturated rings. The second-order valence-electron chi connectivity index (χ2n) is 7.68. The zero-order chi connectivity index (χ0) is 20.2. The van der Waals surface area contributed by atoms with E-state index in [4.69, 9.17) is 9.72 Å². The number of fused-ring (bicyclic) bond motifs is 3. The largest absolute Gasteiger partial charge is 0.473 e. The van der Waals surface area contributed by atoms with Gasteiger partial charge in [-0.2, -0.15) is 5.10 Å². The van der Waals surface area contributed by atoms with Crippen LogP contribution < -0.4 is 15.0 Å². The standard InChI is InChI=1S/C21H23FN6O/c1-4-27-18-5-8-28-19(26-18)16(12-25-28)14(3)23-10-13(2)29-20-17(21(27)6-7-21)9-15(22)11-24-20/h5,8-9,11-13,23H,3-4,6-7,10H2,1-2H3/t13-/m0/s1. The van der Waals surface area contributed by atoms with Gasteiger partial charge in [0.15, 0.2) is 5.65 Å². The summed E-state index contributed by atoms with van der Waals surface area (Å²) in [6.45, 7) is 9.43. The molecule has 1 N–H and O–H groups in total. The Morgan fingerprint density at radius 1 is 1.38 bits per heavy atom. The van der Waals surface area contributed by atoms with E-state index in [1.807, 2.05) is 19.2 Å². The Labute approximate surface area is 168 Å². The van der Waals surface area contributed by atoms with Crippen molar-refractivity contribution in [3.63, 3.8) is 0 Å². The number of nitrogens with zero attached hydrogens (tertiary/aromatic N) is 5. The van der Waals surface area contributed by atoms with Crippen molar-refractivity contribution in [2.45, 2.75) is 38.3 Å². The summed E-state index contributed by atoms with van der Waals surface area (Å²) in [7, 11) is 0. The molecule has 0 unspecified atom stereocenters. The van der Waals surface area contributed by atoms with E-state index < -0.39 is 0 Å². The number of anilines is 1. The zero-order valence-electron chi connectivity index (χ0n) is 16.5. The molecular weight excluding hydrogens is 371 g/mol. The fourth-order valence-electron chi connectivity index (χ4n) is 4.16. The summed E-state index contributed by atoms with van der Waals surface area (Å²) in [5.41, 5.74) is 2.72. The number of nitrogens with one attached hydrogen (secondary N) is 1. The second-order valence-corrected chi connectivity index (χ2v) is 7.68. The van der Waals surface area contributed by atoms with E-state index in [-0.39, 0.29) is 17.5 Å². The molecule has 0 saturated heterocycles. The first-order chi connectivity index (χ1) is 14.0. The van der Waals surface area contributed by atoms with Gasteiger partial charge in [-0.1, -0.05) is 6.58 Å². The summed E-state index contributed by atoms with van der Waals surface area (Å²) >= 11 is 0. The van der Waals surface area contributed by atoms with Crippen molar-refractivity contribution in [3.05, 3.63) is 54.2 Å². The number of pyridine rings is 1. The second kappa shape index (κ2) is 6.43. The number of hydrogen-bond donors (Lipinski definition) is 1. The van der Waals surface area contributed by atoms with Gasteiger partial charge in [0.1, 0.15) is 17.7 Å². The van der Waals surface area contributed by atoms with E-state index in [1.54, 1.807) is 16.8 Å². The van der Waals surface area contributed by atoms with E-state index in [9.17, 15) is 4.39 Å². The first kappa shape index (κ1) is 17.9. The minimum absolute atomic E-state index is 0.183. The van der Waals surface area contributed by atoms with E-state index in [0.717, 1.165) is 47.7 Å². The number of aromatic nitrogens is 4. The van der Waals surface area contributed by atoms with E-state index >= 15 is 0 Å². The first-order valence-corrected chi connectivity index (χ1v) is 9.89. The molecule has 150 valence electrons. The van der Waals surface area contributed by atoms with Crippen LogP contribution in [-0.2, 0) is 5.54 Å². The topological polar surface area (TPSA) is 67.6 Å². The average Bonchev–Trinajstić information content (AvgIpc) is 3.39. The smallest absolute Gasteiger partial charge is 0.219 e. The SMILES string of the molecule is C=C1NC[C@H](C)Oc2ncc(F)cc2C2(CC2)N(CC)c2ccn3ncc1c3n2. The predicted molar refractivity (Wildman–Crippen MR) is 108 cm³/mol. The van der Waals surface area contributed by atoms with Crippen LogP contribution in [0.4, 0.5) is 10.2 Å². The predicted octanol–water partition coefficient (Wildman–Crippen LogP) is 3.12. The number of ether oxygens (including phenoxy) is 1. The van der Waals surface area contributed by atoms with Crippen LogP contribution in [0.5, 0.6) is 5.88 Å². The maximum atomic E-state index is 14.2. The normalized spacial score (nSPS) is 20.4. The summed E-state index contributed by atoms with van der Waals surface area (Å²) in [4.78, 5) is 11.4. The lowest BCUT2D eigenvalue weighted by Gasteiger charge is -2.33. The van der Waals surface area contributed by atoms with Crippen molar-refractivity contribution in [1.29, 1.82) is 0 Å². The molecule has 0 aromatic carbocycles. The van der Waals surface area contributed by atoms with Crippen LogP contribution >= 0.6 is 0 Å². The van der Waals surface area contributed by atoms with Gasteiger partial charge in [-0.3, -0.25) is 0 Å². The molecule has 2 bridgehead atoms. The van der Waals surface area contributed by atoms with E-state index in [2.05, 4.69) is 33.8 Å². The van der Waals surface area contributed by atoms with Crippen molar-refractivity contribution in [3.8, 4) is 5.88 Å². The molecule has 1 aliphatic heterocycles. The molecule has 5 rings (SSSR count). The Morgan fingerprint density at radius 2 is 2.21 bits per heavy atom. The number of rotatable bonds is 1. The van der Waals surface area contributed by atoms with Crippen LogP contribution in [0, 0.1) is 5.82 Å². The fraction of sp³-hybridized carbons (Fsp3) is 0.381. The highest BCUT2D eigenvalue weighted by molar-refractivity contribution is 5.74. The Kier molecular flexibility index (Phi) is 3.97. The molecule has 3 aromatic heterocycles. The van der Waals surface area contributed by atoms with Gasteiger partial charge in [0, 0.05) is 24.0 Å². The van der Waals surface area contributed by atoms with Crippen LogP contribution in [0.3, 0.4) is 0 Å². The lowest BCUT2D eigenvalue weighted by molar-refractivity contribution is 0.209. The molecule has 29 heavy (non-hydrogen) atoms. The lowest BCUT2D eigenvalue weighted by atomic mass is 10.0. The Balaban J connectivity index is 1.72. The molecule has 1 spiro atoms. The van der Waals surface area contributed by atoms with E-state index in [1.165, 1.54) is 6.20 Å². The lowest BCUT2D eigenvalue weighted by Crippen LogP contribution is -2.37. The summed E-state index contributed by atoms with van der Waals surface area (Å²) in [5.74, 6) is 0.930. The zero-order valence-corrected chi connectivity index (χ0v) is 16.5. The molecule has 7 nitrogen and oxygen atoms in total. The third kappa shape index (κ3) is 2.82. The molecule has 0 radical (unpaired) electrons. The van der Waals surface area contributed by atoms with Crippen molar-refractivity contribution in [1.82, 2.24) is 24.9 Å². The molecule has 0 amide bonds. The maximum absolute atomic E-state index is 14.2. The van der Waals surface area contributed by atoms with Gasteiger partial charge >= 0.3 is 0 Å². The molecule has 2 aliphatic rings. The van der Waals surface area contributed by atoms with Crippen LogP contribution in [0.15, 0.2) is 37.3 Å². The van der Waals surface area contributed by atoms with Gasteiger partial charge in [-0.05, 0) is 38.8 Å². The van der Waals surface area contributed by atoms with Gasteiger partial charge in [0.25, 0.3) is 0 Å². The van der Waals surface area contributed by atoms with Crippen LogP contribution in [0.25, 0.3) is 11.3 Å². The quantitative estimate of drug-likeness (QED) is 0.684. The maximum Gasteiger partial charge on any atom is 0.219 e. The Morgan fingerprint density at radius 3 is 2.97 bits per heavy atom. The van der Waals surface area contributed by atoms with Crippen molar-refractivity contribution >= 4 is 17.2 Å². The Bertz CT molecular complexity index is 1110. The monoisotopic (exact) mass is 394 g/mol. The highest BCUT2D eigenvalue weighted by atomic mass is 19.1. The van der Waals surface area contributed by atoms with Gasteiger partial charge in [-0.15, -0.1) is 0 Å². The summed E-state index contributed by atoms with van der Waals surface area (Å²) in [5, 5.41) is 7.70. The minimum Gasteiger partial charge on any atom is -0.473 e. The van der Waals surface area contributed by atoms with E-state index in [0.29, 0.717) is 12.4 Å². The van der Waals surface area contributed by atoms with Gasteiger partial charge in [0.2, 0.25) is 5.88 Å². The van der Waals surface area contributed by atoms with Crippen LogP contribution in [0.1, 0.15) is 37.8 Å². The third-order valence-corrected chi connectivity index (χ3v) is 5.75. The number of hydrogen-bond acceptors (Lipinski definition) is 6. The molecule has 3 aromatic rings. The van der Waals surface area contributed by atoms with Crippen LogP contribution in [-0.4, -0.2) is 38.8 Å². The summed E-state index contributed by atoms with van der Waals surface area (Å²) in [6.07, 6.45) is 6.47. The minimum atomic E-state index is -0.372. The van der Waals surface area contributed by atoms with Crippen LogP contribution in [0.2, 0.25) is 0 Å². The molecular formula is C21H23FN6O. The highest BCUT2D eigenvalue weighted by Crippen LogP contribution is 2.54. The first-order valence-electron chi connectivity index (χ1n) is 9.89. The van der Waals surface area contributed by atoms with Gasteiger partial charge in [-0.25, -0.2) is 18.9 Å². The molecule has 1 saturated carbocycles. The average molecular weight is 394 g/mol. The van der Waals surface area contributed by atoms with Gasteiger partial charge < -0.3 is 15.0 Å². The summed E-state index contributed by atoms with van der Waals surface area (Å²) in [6, 6.07) is 3.50. The Hall–Kier alpha value is -3.16. The fourth-order valence-corrected chi connectivity index (χ4v) is 4.16. The molecule has 1 aliphatic carbocycles. The van der Waals surface area contributed by atoms with Gasteiger partial charge in [0.05, 0.1) is 30.0 Å². The molecule has 4 heterocycles. The third-order valence-electron chi connectivity index (χ3n) is 5.75. The highest BCUT2D eigenvalue weighted by Gasteiger charge is 2.52. The van der Waals surface area contributed by atoms with Crippen molar-refractivity contribution in [2.75, 3.05) is 18.0 Å². The number of halogens is 1. The molecule has 8 heteroatoms. The summed E-state index contributed by atoms with van der Waals surface area (Å²) < 4.78 is 22.1. The van der Waals surface area contributed by atoms with Crippen molar-refractivity contribution in [2.24, 2.45) is 0 Å². The molecule has 1 atom stereocenters. The van der Waals surface area contributed by atoms with Crippen molar-refractivity contribution < 1.29 is 9.13 Å².